The summed E-state index contributed by atoms with van der Waals surface area (Å²) in [7, 11) is 0.397. The summed E-state index contributed by atoms with van der Waals surface area (Å²) >= 11 is 5.88. The number of hydrogen-bond acceptors (Lipinski definition) is 5. The first-order valence-electron chi connectivity index (χ1n) is 8.22. The maximum Gasteiger partial charge on any atom is 0.237 e. The SMILES string of the molecule is COCCN(C(=O)CN(C)Cc1ccc(Cl)cc1)C1CCS(=O)(=O)C1. The molecule has 0 radical (unpaired) electrons. The molecule has 1 aromatic carbocycles. The average molecular weight is 389 g/mol. The number of likely N-dealkylation sites (N-methyl/N-ethyl adjacent to an activating group) is 1. The molecule has 1 aliphatic rings. The Morgan fingerprint density at radius 1 is 1.32 bits per heavy atom. The molecule has 1 aromatic rings. The summed E-state index contributed by atoms with van der Waals surface area (Å²) in [6.45, 7) is 1.64. The van der Waals surface area contributed by atoms with Crippen LogP contribution in [-0.2, 0) is 25.9 Å². The number of sulfone groups is 1. The Hall–Kier alpha value is -1.15. The molecule has 1 saturated heterocycles. The van der Waals surface area contributed by atoms with Crippen molar-refractivity contribution in [3.63, 3.8) is 0 Å². The molecule has 1 amide bonds. The minimum atomic E-state index is -3.04. The summed E-state index contributed by atoms with van der Waals surface area (Å²) in [5.74, 6) is 0.119. The lowest BCUT2D eigenvalue weighted by Gasteiger charge is -2.30. The Bertz CT molecular complexity index is 678. The lowest BCUT2D eigenvalue weighted by atomic mass is 10.2. The van der Waals surface area contributed by atoms with Crippen LogP contribution in [0.2, 0.25) is 5.02 Å². The predicted molar refractivity (Wildman–Crippen MR) is 98.4 cm³/mol. The molecule has 8 heteroatoms. The highest BCUT2D eigenvalue weighted by Crippen LogP contribution is 2.18. The van der Waals surface area contributed by atoms with Gasteiger partial charge in [0.05, 0.1) is 24.7 Å². The molecule has 0 bridgehead atoms. The Labute approximate surface area is 154 Å². The standard InChI is InChI=1S/C17H25ClN2O4S/c1-19(11-14-3-5-15(18)6-4-14)12-17(21)20(8-9-24-2)16-7-10-25(22,23)13-16/h3-6,16H,7-13H2,1-2H3. The molecule has 0 aliphatic carbocycles. The van der Waals surface area contributed by atoms with Crippen molar-refractivity contribution >= 4 is 27.3 Å². The Morgan fingerprint density at radius 2 is 2.00 bits per heavy atom. The van der Waals surface area contributed by atoms with Crippen molar-refractivity contribution < 1.29 is 17.9 Å². The first kappa shape index (κ1) is 20.2. The summed E-state index contributed by atoms with van der Waals surface area (Å²) in [4.78, 5) is 16.3. The molecule has 1 unspecified atom stereocenters. The van der Waals surface area contributed by atoms with Crippen LogP contribution in [0.5, 0.6) is 0 Å². The van der Waals surface area contributed by atoms with Gasteiger partial charge in [-0.25, -0.2) is 8.42 Å². The van der Waals surface area contributed by atoms with Gasteiger partial charge in [-0.2, -0.15) is 0 Å². The van der Waals surface area contributed by atoms with E-state index in [0.717, 1.165) is 5.56 Å². The Morgan fingerprint density at radius 3 is 2.56 bits per heavy atom. The van der Waals surface area contributed by atoms with Crippen LogP contribution < -0.4 is 0 Å². The molecule has 1 heterocycles. The predicted octanol–water partition coefficient (Wildman–Crippen LogP) is 1.43. The lowest BCUT2D eigenvalue weighted by molar-refractivity contribution is -0.134. The number of amides is 1. The van der Waals surface area contributed by atoms with Gasteiger partial charge < -0.3 is 9.64 Å². The van der Waals surface area contributed by atoms with Crippen molar-refractivity contribution in [2.75, 3.05) is 45.4 Å². The molecule has 0 aromatic heterocycles. The first-order valence-corrected chi connectivity index (χ1v) is 10.4. The number of nitrogens with zero attached hydrogens (tertiary/aromatic N) is 2. The molecular weight excluding hydrogens is 364 g/mol. The van der Waals surface area contributed by atoms with Crippen molar-refractivity contribution in [3.8, 4) is 0 Å². The van der Waals surface area contributed by atoms with Crippen molar-refractivity contribution in [2.45, 2.75) is 19.0 Å². The van der Waals surface area contributed by atoms with E-state index in [1.807, 2.05) is 36.2 Å². The van der Waals surface area contributed by atoms with Crippen LogP contribution in [0.4, 0.5) is 0 Å². The van der Waals surface area contributed by atoms with Gasteiger partial charge in [0.1, 0.15) is 0 Å². The zero-order chi connectivity index (χ0) is 18.4. The molecular formula is C17H25ClN2O4S. The Kier molecular flexibility index (Phi) is 7.25. The highest BCUT2D eigenvalue weighted by atomic mass is 35.5. The fraction of sp³-hybridized carbons (Fsp3) is 0.588. The van der Waals surface area contributed by atoms with Gasteiger partial charge in [0.25, 0.3) is 0 Å². The van der Waals surface area contributed by atoms with Crippen molar-refractivity contribution in [3.05, 3.63) is 34.9 Å². The minimum Gasteiger partial charge on any atom is -0.383 e. The largest absolute Gasteiger partial charge is 0.383 e. The van der Waals surface area contributed by atoms with Crippen LogP contribution in [0.1, 0.15) is 12.0 Å². The van der Waals surface area contributed by atoms with Crippen LogP contribution in [0.25, 0.3) is 0 Å². The highest BCUT2D eigenvalue weighted by Gasteiger charge is 2.34. The van der Waals surface area contributed by atoms with E-state index in [-0.39, 0.29) is 30.0 Å². The van der Waals surface area contributed by atoms with E-state index in [9.17, 15) is 13.2 Å². The van der Waals surface area contributed by atoms with Gasteiger partial charge >= 0.3 is 0 Å². The highest BCUT2D eigenvalue weighted by molar-refractivity contribution is 7.91. The molecule has 25 heavy (non-hydrogen) atoms. The van der Waals surface area contributed by atoms with Crippen LogP contribution in [0, 0.1) is 0 Å². The third-order valence-corrected chi connectivity index (χ3v) is 6.28. The quantitative estimate of drug-likeness (QED) is 0.674. The second-order valence-corrected chi connectivity index (χ2v) is 9.10. The molecule has 0 N–H and O–H groups in total. The van der Waals surface area contributed by atoms with E-state index < -0.39 is 9.84 Å². The van der Waals surface area contributed by atoms with Gasteiger partial charge in [-0.15, -0.1) is 0 Å². The van der Waals surface area contributed by atoms with Crippen molar-refractivity contribution in [1.82, 2.24) is 9.80 Å². The minimum absolute atomic E-state index is 0.0450. The van der Waals surface area contributed by atoms with E-state index in [1.165, 1.54) is 0 Å². The zero-order valence-corrected chi connectivity index (χ0v) is 16.2. The van der Waals surface area contributed by atoms with Crippen LogP contribution in [0.15, 0.2) is 24.3 Å². The number of halogens is 1. The fourth-order valence-corrected chi connectivity index (χ4v) is 4.86. The third-order valence-electron chi connectivity index (χ3n) is 4.28. The average Bonchev–Trinajstić information content (AvgIpc) is 2.89. The molecule has 140 valence electrons. The van der Waals surface area contributed by atoms with E-state index in [4.69, 9.17) is 16.3 Å². The summed E-state index contributed by atoms with van der Waals surface area (Å²) < 4.78 is 28.6. The van der Waals surface area contributed by atoms with Gasteiger partial charge in [-0.1, -0.05) is 23.7 Å². The number of benzene rings is 1. The van der Waals surface area contributed by atoms with Crippen LogP contribution in [-0.4, -0.2) is 75.5 Å². The number of methoxy groups -OCH3 is 1. The van der Waals surface area contributed by atoms with Gasteiger partial charge in [-0.3, -0.25) is 9.69 Å². The maximum atomic E-state index is 12.7. The summed E-state index contributed by atoms with van der Waals surface area (Å²) in [5, 5.41) is 0.677. The van der Waals surface area contributed by atoms with E-state index in [0.29, 0.717) is 31.1 Å². The van der Waals surface area contributed by atoms with E-state index >= 15 is 0 Å². The third kappa shape index (κ3) is 6.26. The number of carbonyl (C=O) groups excluding carboxylic acids is 1. The molecule has 1 aliphatic heterocycles. The molecule has 0 saturated carbocycles. The number of rotatable bonds is 8. The smallest absolute Gasteiger partial charge is 0.237 e. The fourth-order valence-electron chi connectivity index (χ4n) is 3.00. The van der Waals surface area contributed by atoms with Gasteiger partial charge in [0, 0.05) is 31.3 Å². The number of ether oxygens (including phenoxy) is 1. The number of hydrogen-bond donors (Lipinski definition) is 0. The monoisotopic (exact) mass is 388 g/mol. The van der Waals surface area contributed by atoms with E-state index in [2.05, 4.69) is 0 Å². The first-order chi connectivity index (χ1) is 11.8. The second-order valence-electron chi connectivity index (χ2n) is 6.44. The van der Waals surface area contributed by atoms with Gasteiger partial charge in [0.2, 0.25) is 5.91 Å². The van der Waals surface area contributed by atoms with Crippen LogP contribution >= 0.6 is 11.6 Å². The molecule has 2 rings (SSSR count). The molecule has 1 atom stereocenters. The van der Waals surface area contributed by atoms with Crippen LogP contribution in [0.3, 0.4) is 0 Å². The normalized spacial score (nSPS) is 19.3. The molecule has 0 spiro atoms. The van der Waals surface area contributed by atoms with Gasteiger partial charge in [0.15, 0.2) is 9.84 Å². The second kappa shape index (κ2) is 8.98. The molecule has 6 nitrogen and oxygen atoms in total. The van der Waals surface area contributed by atoms with Crippen molar-refractivity contribution in [2.24, 2.45) is 0 Å². The zero-order valence-electron chi connectivity index (χ0n) is 14.7. The Balaban J connectivity index is 1.97. The van der Waals surface area contributed by atoms with E-state index in [1.54, 1.807) is 12.0 Å². The number of carbonyl (C=O) groups is 1. The topological polar surface area (TPSA) is 66.9 Å². The van der Waals surface area contributed by atoms with Gasteiger partial charge in [-0.05, 0) is 31.2 Å². The maximum absolute atomic E-state index is 12.7. The summed E-state index contributed by atoms with van der Waals surface area (Å²) in [5.41, 5.74) is 1.06. The summed E-state index contributed by atoms with van der Waals surface area (Å²) in [6.07, 6.45) is 0.499. The lowest BCUT2D eigenvalue weighted by Crippen LogP contribution is -2.47. The van der Waals surface area contributed by atoms with Crippen molar-refractivity contribution in [1.29, 1.82) is 0 Å². The molecule has 1 fully saturated rings. The summed E-state index contributed by atoms with van der Waals surface area (Å²) in [6, 6.07) is 7.24.